The van der Waals surface area contributed by atoms with Gasteiger partial charge in [-0.3, -0.25) is 4.79 Å². The Kier molecular flexibility index (Phi) is 6.96. The molecule has 2 N–H and O–H groups in total. The summed E-state index contributed by atoms with van der Waals surface area (Å²) in [5, 5.41) is 14.5. The predicted octanol–water partition coefficient (Wildman–Crippen LogP) is 5.75. The van der Waals surface area contributed by atoms with Gasteiger partial charge in [0.1, 0.15) is 11.8 Å². The van der Waals surface area contributed by atoms with E-state index < -0.39 is 29.7 Å². The molecule has 8 heteroatoms. The van der Waals surface area contributed by atoms with E-state index in [4.69, 9.17) is 4.74 Å². The highest BCUT2D eigenvalue weighted by Gasteiger charge is 2.30. The van der Waals surface area contributed by atoms with Crippen LogP contribution in [0, 0.1) is 0 Å². The molecule has 4 rings (SSSR count). The van der Waals surface area contributed by atoms with Gasteiger partial charge in [0, 0.05) is 6.42 Å². The zero-order chi connectivity index (χ0) is 25.9. The number of alkyl halides is 3. The van der Waals surface area contributed by atoms with E-state index >= 15 is 0 Å². The SMILES string of the molecule is COC(=O)C(Cc1ccc(-c2ccc(C(F)(F)F)cc2)cc1)NC(=O)c1cc2ccccc2cc1O. The van der Waals surface area contributed by atoms with E-state index in [1.54, 1.807) is 30.3 Å². The summed E-state index contributed by atoms with van der Waals surface area (Å²) >= 11 is 0. The van der Waals surface area contributed by atoms with Crippen LogP contribution in [0.1, 0.15) is 21.5 Å². The second kappa shape index (κ2) is 10.1. The number of halogens is 3. The van der Waals surface area contributed by atoms with Gasteiger partial charge >= 0.3 is 12.1 Å². The highest BCUT2D eigenvalue weighted by Crippen LogP contribution is 2.31. The van der Waals surface area contributed by atoms with Crippen LogP contribution in [0.25, 0.3) is 21.9 Å². The largest absolute Gasteiger partial charge is 0.507 e. The number of rotatable bonds is 6. The Labute approximate surface area is 205 Å². The summed E-state index contributed by atoms with van der Waals surface area (Å²) in [6.07, 6.45) is -4.29. The molecule has 0 saturated heterocycles. The molecule has 5 nitrogen and oxygen atoms in total. The van der Waals surface area contributed by atoms with Gasteiger partial charge in [0.25, 0.3) is 5.91 Å². The molecule has 0 radical (unpaired) electrons. The predicted molar refractivity (Wildman–Crippen MR) is 129 cm³/mol. The summed E-state index contributed by atoms with van der Waals surface area (Å²) in [5.74, 6) is -1.50. The summed E-state index contributed by atoms with van der Waals surface area (Å²) in [7, 11) is 1.21. The molecule has 0 spiro atoms. The van der Waals surface area contributed by atoms with Crippen LogP contribution < -0.4 is 5.32 Å². The normalized spacial score (nSPS) is 12.2. The molecule has 4 aromatic carbocycles. The van der Waals surface area contributed by atoms with Crippen LogP contribution in [0.5, 0.6) is 5.75 Å². The van der Waals surface area contributed by atoms with E-state index in [2.05, 4.69) is 5.32 Å². The highest BCUT2D eigenvalue weighted by atomic mass is 19.4. The molecule has 0 heterocycles. The first-order valence-electron chi connectivity index (χ1n) is 11.0. The van der Waals surface area contributed by atoms with E-state index in [9.17, 15) is 27.9 Å². The van der Waals surface area contributed by atoms with Gasteiger partial charge in [0.05, 0.1) is 18.2 Å². The molecule has 36 heavy (non-hydrogen) atoms. The van der Waals surface area contributed by atoms with Gasteiger partial charge in [0.15, 0.2) is 0 Å². The summed E-state index contributed by atoms with van der Waals surface area (Å²) in [5.41, 5.74) is 1.31. The van der Waals surface area contributed by atoms with Crippen LogP contribution in [-0.2, 0) is 22.1 Å². The fourth-order valence-electron chi connectivity index (χ4n) is 3.90. The zero-order valence-corrected chi connectivity index (χ0v) is 19.2. The lowest BCUT2D eigenvalue weighted by molar-refractivity contribution is -0.143. The topological polar surface area (TPSA) is 75.6 Å². The van der Waals surface area contributed by atoms with E-state index in [-0.39, 0.29) is 17.7 Å². The Hall–Kier alpha value is -4.33. The molecule has 0 aromatic heterocycles. The number of aromatic hydroxyl groups is 1. The van der Waals surface area contributed by atoms with Gasteiger partial charge in [-0.15, -0.1) is 0 Å². The molecule has 0 aliphatic heterocycles. The number of phenols is 1. The second-order valence-corrected chi connectivity index (χ2v) is 8.24. The Balaban J connectivity index is 1.51. The molecule has 1 amide bonds. The lowest BCUT2D eigenvalue weighted by Crippen LogP contribution is -2.43. The molecule has 184 valence electrons. The lowest BCUT2D eigenvalue weighted by Gasteiger charge is -2.17. The Morgan fingerprint density at radius 3 is 2.00 bits per heavy atom. The van der Waals surface area contributed by atoms with Gasteiger partial charge < -0.3 is 15.2 Å². The lowest BCUT2D eigenvalue weighted by atomic mass is 9.99. The van der Waals surface area contributed by atoms with Crippen molar-refractivity contribution in [2.24, 2.45) is 0 Å². The number of phenolic OH excluding ortho intramolecular Hbond substituents is 1. The molecule has 0 aliphatic carbocycles. The number of hydrogen-bond acceptors (Lipinski definition) is 4. The van der Waals surface area contributed by atoms with Crippen LogP contribution in [-0.4, -0.2) is 30.1 Å². The van der Waals surface area contributed by atoms with E-state index in [0.29, 0.717) is 16.7 Å². The number of carbonyl (C=O) groups is 2. The fraction of sp³-hybridized carbons (Fsp3) is 0.143. The van der Waals surface area contributed by atoms with E-state index in [1.807, 2.05) is 24.3 Å². The summed E-state index contributed by atoms with van der Waals surface area (Å²) in [4.78, 5) is 25.3. The molecule has 4 aromatic rings. The highest BCUT2D eigenvalue weighted by molar-refractivity contribution is 6.02. The summed E-state index contributed by atoms with van der Waals surface area (Å²) in [6.45, 7) is 0. The van der Waals surface area contributed by atoms with Crippen molar-refractivity contribution in [3.05, 3.63) is 102 Å². The minimum atomic E-state index is -4.40. The maximum atomic E-state index is 12.9. The Morgan fingerprint density at radius 1 is 0.889 bits per heavy atom. The third-order valence-corrected chi connectivity index (χ3v) is 5.84. The average Bonchev–Trinajstić information content (AvgIpc) is 2.87. The van der Waals surface area contributed by atoms with Crippen molar-refractivity contribution in [2.45, 2.75) is 18.6 Å². The number of hydrogen-bond donors (Lipinski definition) is 2. The third-order valence-electron chi connectivity index (χ3n) is 5.84. The van der Waals surface area contributed by atoms with E-state index in [1.165, 1.54) is 25.3 Å². The number of ether oxygens (including phenoxy) is 1. The van der Waals surface area contributed by atoms with Gasteiger partial charge in [-0.05, 0) is 51.7 Å². The first-order valence-corrected chi connectivity index (χ1v) is 11.0. The fourth-order valence-corrected chi connectivity index (χ4v) is 3.90. The van der Waals surface area contributed by atoms with Crippen molar-refractivity contribution in [2.75, 3.05) is 7.11 Å². The Morgan fingerprint density at radius 2 is 1.44 bits per heavy atom. The number of benzene rings is 4. The van der Waals surface area contributed by atoms with Crippen LogP contribution in [0.4, 0.5) is 13.2 Å². The standard InChI is InChI=1S/C28H22F3NO4/c1-36-27(35)24(32-26(34)23-15-20-4-2-3-5-21(20)16-25(23)33)14-17-6-8-18(9-7-17)19-10-12-22(13-11-19)28(29,30)31/h2-13,15-16,24,33H,14H2,1H3,(H,32,34). The molecule has 1 unspecified atom stereocenters. The maximum absolute atomic E-state index is 12.9. The summed E-state index contributed by atoms with van der Waals surface area (Å²) < 4.78 is 43.2. The first kappa shape index (κ1) is 24.8. The zero-order valence-electron chi connectivity index (χ0n) is 19.2. The molecule has 0 fully saturated rings. The van der Waals surface area contributed by atoms with Gasteiger partial charge in [-0.2, -0.15) is 13.2 Å². The first-order chi connectivity index (χ1) is 17.2. The van der Waals surface area contributed by atoms with Gasteiger partial charge in [-0.1, -0.05) is 60.7 Å². The van der Waals surface area contributed by atoms with Crippen LogP contribution >= 0.6 is 0 Å². The molecule has 1 atom stereocenters. The maximum Gasteiger partial charge on any atom is 0.416 e. The van der Waals surface area contributed by atoms with Crippen LogP contribution in [0.2, 0.25) is 0 Å². The number of carbonyl (C=O) groups excluding carboxylic acids is 2. The minimum absolute atomic E-state index is 0.0280. The smallest absolute Gasteiger partial charge is 0.416 e. The van der Waals surface area contributed by atoms with Crippen molar-refractivity contribution in [3.8, 4) is 16.9 Å². The molecule has 0 aliphatic rings. The van der Waals surface area contributed by atoms with Crippen LogP contribution in [0.3, 0.4) is 0 Å². The van der Waals surface area contributed by atoms with Crippen LogP contribution in [0.15, 0.2) is 84.9 Å². The molecule has 0 bridgehead atoms. The molecular weight excluding hydrogens is 471 g/mol. The number of esters is 1. The molecular formula is C28H22F3NO4. The Bertz CT molecular complexity index is 1400. The van der Waals surface area contributed by atoms with Crippen molar-refractivity contribution in [3.63, 3.8) is 0 Å². The quantitative estimate of drug-likeness (QED) is 0.336. The van der Waals surface area contributed by atoms with Gasteiger partial charge in [-0.25, -0.2) is 4.79 Å². The van der Waals surface area contributed by atoms with E-state index in [0.717, 1.165) is 22.9 Å². The van der Waals surface area contributed by atoms with Crippen molar-refractivity contribution in [1.29, 1.82) is 0 Å². The third kappa shape index (κ3) is 5.49. The van der Waals surface area contributed by atoms with Crippen molar-refractivity contribution < 1.29 is 32.6 Å². The molecule has 0 saturated carbocycles. The van der Waals surface area contributed by atoms with Crippen molar-refractivity contribution >= 4 is 22.6 Å². The number of nitrogens with one attached hydrogen (secondary N) is 1. The average molecular weight is 493 g/mol. The number of methoxy groups -OCH3 is 1. The monoisotopic (exact) mass is 493 g/mol. The minimum Gasteiger partial charge on any atom is -0.507 e. The van der Waals surface area contributed by atoms with Crippen molar-refractivity contribution in [1.82, 2.24) is 5.32 Å². The number of amides is 1. The van der Waals surface area contributed by atoms with Gasteiger partial charge in [0.2, 0.25) is 0 Å². The summed E-state index contributed by atoms with van der Waals surface area (Å²) in [6, 6.07) is 21.0. The number of fused-ring (bicyclic) bond motifs is 1. The second-order valence-electron chi connectivity index (χ2n) is 8.24.